The van der Waals surface area contributed by atoms with E-state index in [0.29, 0.717) is 16.5 Å². The lowest BCUT2D eigenvalue weighted by Crippen LogP contribution is -2.22. The van der Waals surface area contributed by atoms with Gasteiger partial charge in [-0.15, -0.1) is 0 Å². The van der Waals surface area contributed by atoms with Crippen LogP contribution in [0.2, 0.25) is 0 Å². The molecule has 122 valence electrons. The van der Waals surface area contributed by atoms with Crippen LogP contribution in [0.1, 0.15) is 0 Å². The highest BCUT2D eigenvalue weighted by atomic mass is 16.5. The Morgan fingerprint density at radius 1 is 1.25 bits per heavy atom. The molecule has 0 heterocycles. The second-order valence-electron chi connectivity index (χ2n) is 4.76. The van der Waals surface area contributed by atoms with Gasteiger partial charge in [0.05, 0.1) is 7.11 Å². The Labute approximate surface area is 138 Å². The first kappa shape index (κ1) is 16.8. The Kier molecular flexibility index (Phi) is 5.36. The summed E-state index contributed by atoms with van der Waals surface area (Å²) in [5, 5.41) is 25.3. The number of rotatable bonds is 5. The van der Waals surface area contributed by atoms with Crippen LogP contribution < -0.4 is 10.6 Å². The maximum absolute atomic E-state index is 12.2. The van der Waals surface area contributed by atoms with Crippen molar-refractivity contribution in [3.8, 4) is 11.8 Å². The quantitative estimate of drug-likeness (QED) is 0.438. The molecule has 0 saturated carbocycles. The van der Waals surface area contributed by atoms with Gasteiger partial charge in [0.1, 0.15) is 23.9 Å². The molecule has 0 fully saturated rings. The number of anilines is 1. The highest BCUT2D eigenvalue weighted by molar-refractivity contribution is 6.11. The first-order valence-corrected chi connectivity index (χ1v) is 6.99. The van der Waals surface area contributed by atoms with Crippen LogP contribution in [-0.2, 0) is 14.3 Å². The van der Waals surface area contributed by atoms with Gasteiger partial charge >= 0.3 is 5.97 Å². The number of hydrogen-bond donors (Lipinski definition) is 3. The van der Waals surface area contributed by atoms with E-state index in [0.717, 1.165) is 6.20 Å². The number of phenols is 1. The molecular formula is C17H15N3O4. The average Bonchev–Trinajstić information content (AvgIpc) is 2.59. The molecule has 2 aromatic carbocycles. The highest BCUT2D eigenvalue weighted by Gasteiger charge is 2.12. The first-order valence-electron chi connectivity index (χ1n) is 6.99. The van der Waals surface area contributed by atoms with Crippen molar-refractivity contribution in [2.75, 3.05) is 19.0 Å². The number of carbonyl (C=O) groups excluding carboxylic acids is 2. The monoisotopic (exact) mass is 325 g/mol. The number of fused-ring (bicyclic) bond motifs is 1. The van der Waals surface area contributed by atoms with Crippen LogP contribution in [0, 0.1) is 11.3 Å². The predicted octanol–water partition coefficient (Wildman–Crippen LogP) is 1.65. The molecule has 0 aliphatic carbocycles. The minimum absolute atomic E-state index is 0.0967. The molecule has 3 N–H and O–H groups in total. The Bertz CT molecular complexity index is 853. The van der Waals surface area contributed by atoms with Crippen LogP contribution in [-0.4, -0.2) is 30.6 Å². The van der Waals surface area contributed by atoms with Gasteiger partial charge in [0.15, 0.2) is 0 Å². The van der Waals surface area contributed by atoms with Crippen molar-refractivity contribution >= 4 is 28.3 Å². The number of methoxy groups -OCH3 is 1. The summed E-state index contributed by atoms with van der Waals surface area (Å²) in [6.45, 7) is -0.156. The number of nitrogens with zero attached hydrogens (tertiary/aromatic N) is 1. The van der Waals surface area contributed by atoms with Crippen LogP contribution in [0.4, 0.5) is 5.69 Å². The number of aromatic hydroxyl groups is 1. The molecule has 0 bridgehead atoms. The zero-order valence-corrected chi connectivity index (χ0v) is 12.9. The van der Waals surface area contributed by atoms with Crippen LogP contribution >= 0.6 is 0 Å². The summed E-state index contributed by atoms with van der Waals surface area (Å²) >= 11 is 0. The van der Waals surface area contributed by atoms with Crippen LogP contribution in [0.3, 0.4) is 0 Å². The Balaban J connectivity index is 2.19. The van der Waals surface area contributed by atoms with E-state index in [4.69, 9.17) is 5.26 Å². The van der Waals surface area contributed by atoms with Gasteiger partial charge < -0.3 is 20.5 Å². The molecule has 0 aromatic heterocycles. The van der Waals surface area contributed by atoms with E-state index in [1.807, 2.05) is 0 Å². The van der Waals surface area contributed by atoms with Gasteiger partial charge in [-0.2, -0.15) is 5.26 Å². The van der Waals surface area contributed by atoms with E-state index < -0.39 is 11.9 Å². The Hall–Kier alpha value is -3.53. The normalized spacial score (nSPS) is 10.8. The summed E-state index contributed by atoms with van der Waals surface area (Å²) in [5.41, 5.74) is 0.263. The van der Waals surface area contributed by atoms with E-state index in [1.165, 1.54) is 7.11 Å². The molecular weight excluding hydrogens is 310 g/mol. The van der Waals surface area contributed by atoms with Gasteiger partial charge in [-0.05, 0) is 12.1 Å². The van der Waals surface area contributed by atoms with E-state index in [2.05, 4.69) is 15.4 Å². The molecule has 2 aromatic rings. The fourth-order valence-corrected chi connectivity index (χ4v) is 2.05. The van der Waals surface area contributed by atoms with Gasteiger partial charge in [-0.3, -0.25) is 9.59 Å². The summed E-state index contributed by atoms with van der Waals surface area (Å²) in [6, 6.07) is 11.8. The molecule has 0 saturated heterocycles. The minimum Gasteiger partial charge on any atom is -0.507 e. The topological polar surface area (TPSA) is 111 Å². The molecule has 24 heavy (non-hydrogen) atoms. The summed E-state index contributed by atoms with van der Waals surface area (Å²) in [6.07, 6.45) is 1.15. The zero-order chi connectivity index (χ0) is 17.5. The fraction of sp³-hybridized carbons (Fsp3) is 0.118. The smallest absolute Gasteiger partial charge is 0.325 e. The summed E-state index contributed by atoms with van der Waals surface area (Å²) < 4.78 is 4.44. The minimum atomic E-state index is -0.634. The zero-order valence-electron chi connectivity index (χ0n) is 12.9. The number of phenolic OH excluding ortho intramolecular Hbond substituents is 1. The lowest BCUT2D eigenvalue weighted by Gasteiger charge is -2.09. The molecule has 7 nitrogen and oxygen atoms in total. The van der Waals surface area contributed by atoms with Crippen molar-refractivity contribution in [3.63, 3.8) is 0 Å². The highest BCUT2D eigenvalue weighted by Crippen LogP contribution is 2.29. The van der Waals surface area contributed by atoms with Gasteiger partial charge in [0, 0.05) is 22.7 Å². The summed E-state index contributed by atoms with van der Waals surface area (Å²) in [5.74, 6) is -1.06. The molecule has 0 aliphatic heterocycles. The molecule has 1 amide bonds. The first-order chi connectivity index (χ1) is 11.6. The van der Waals surface area contributed by atoms with E-state index >= 15 is 0 Å². The number of hydrogen-bond acceptors (Lipinski definition) is 6. The standard InChI is InChI=1S/C17H15N3O4/c1-24-16(22)10-19-9-11(8-18)17(23)20-14-6-2-5-13-12(14)4-3-7-15(13)21/h2-7,9,19,21H,10H2,1H3,(H,20,23)/b11-9-. The SMILES string of the molecule is COC(=O)CN/C=C(/C#N)C(=O)Nc1cccc2c(O)cccc12. The van der Waals surface area contributed by atoms with Crippen molar-refractivity contribution in [1.29, 1.82) is 5.26 Å². The maximum atomic E-state index is 12.2. The summed E-state index contributed by atoms with van der Waals surface area (Å²) in [7, 11) is 1.24. The number of amides is 1. The number of benzene rings is 2. The Morgan fingerprint density at radius 2 is 1.96 bits per heavy atom. The fourth-order valence-electron chi connectivity index (χ4n) is 2.05. The summed E-state index contributed by atoms with van der Waals surface area (Å²) in [4.78, 5) is 23.2. The van der Waals surface area contributed by atoms with Crippen LogP contribution in [0.15, 0.2) is 48.2 Å². The van der Waals surface area contributed by atoms with E-state index in [1.54, 1.807) is 42.5 Å². The molecule has 7 heteroatoms. The van der Waals surface area contributed by atoms with Gasteiger partial charge in [0.25, 0.3) is 5.91 Å². The predicted molar refractivity (Wildman–Crippen MR) is 88.0 cm³/mol. The molecule has 0 spiro atoms. The third kappa shape index (κ3) is 3.81. The van der Waals surface area contributed by atoms with Crippen molar-refractivity contribution in [2.45, 2.75) is 0 Å². The van der Waals surface area contributed by atoms with Crippen molar-refractivity contribution in [1.82, 2.24) is 5.32 Å². The lowest BCUT2D eigenvalue weighted by molar-refractivity contribution is -0.139. The maximum Gasteiger partial charge on any atom is 0.325 e. The van der Waals surface area contributed by atoms with Crippen molar-refractivity contribution < 1.29 is 19.4 Å². The number of carbonyl (C=O) groups is 2. The van der Waals surface area contributed by atoms with E-state index in [9.17, 15) is 14.7 Å². The van der Waals surface area contributed by atoms with Crippen LogP contribution in [0.5, 0.6) is 5.75 Å². The average molecular weight is 325 g/mol. The number of nitriles is 1. The molecule has 0 unspecified atom stereocenters. The van der Waals surface area contributed by atoms with Crippen LogP contribution in [0.25, 0.3) is 10.8 Å². The van der Waals surface area contributed by atoms with Crippen molar-refractivity contribution in [2.24, 2.45) is 0 Å². The molecule has 0 atom stereocenters. The molecule has 0 aliphatic rings. The molecule has 2 rings (SSSR count). The van der Waals surface area contributed by atoms with Gasteiger partial charge in [-0.1, -0.05) is 24.3 Å². The van der Waals surface area contributed by atoms with Gasteiger partial charge in [0.2, 0.25) is 0 Å². The lowest BCUT2D eigenvalue weighted by atomic mass is 10.1. The number of nitrogens with one attached hydrogen (secondary N) is 2. The van der Waals surface area contributed by atoms with Crippen molar-refractivity contribution in [3.05, 3.63) is 48.2 Å². The third-order valence-electron chi connectivity index (χ3n) is 3.23. The second-order valence-corrected chi connectivity index (χ2v) is 4.76. The molecule has 0 radical (unpaired) electrons. The number of esters is 1. The van der Waals surface area contributed by atoms with E-state index in [-0.39, 0.29) is 17.9 Å². The largest absolute Gasteiger partial charge is 0.507 e. The third-order valence-corrected chi connectivity index (χ3v) is 3.23. The second kappa shape index (κ2) is 7.65. The number of ether oxygens (including phenoxy) is 1. The Morgan fingerprint density at radius 3 is 2.67 bits per heavy atom. The van der Waals surface area contributed by atoms with Gasteiger partial charge in [-0.25, -0.2) is 0 Å².